The Morgan fingerprint density at radius 1 is 0.320 bits per heavy atom. The standard InChI is InChI=1S/C48H30N2/c1-3-14-31(15-4-1)49(33-28-29-36-35-19-9-10-26-43(35)50(45(36)30-33)32-16-5-2-6-17-32)44-27-13-25-42-40-23-12-22-39-41-24-11-21-38(47(41)48(42)44)34-18-7-8-20-37(34)46(39)40/h1-30H. The fourth-order valence-electron chi connectivity index (χ4n) is 8.67. The smallest absolute Gasteiger partial charge is 0.0561 e. The van der Waals surface area contributed by atoms with Crippen LogP contribution < -0.4 is 4.90 Å². The second-order valence-corrected chi connectivity index (χ2v) is 13.3. The second kappa shape index (κ2) is 10.4. The average Bonchev–Trinajstić information content (AvgIpc) is 3.46. The van der Waals surface area contributed by atoms with Gasteiger partial charge in [-0.1, -0.05) is 133 Å². The molecule has 9 aromatic rings. The van der Waals surface area contributed by atoms with Crippen LogP contribution in [-0.2, 0) is 0 Å². The summed E-state index contributed by atoms with van der Waals surface area (Å²) in [4.78, 5) is 2.47. The Labute approximate surface area is 290 Å². The highest BCUT2D eigenvalue weighted by molar-refractivity contribution is 6.17. The van der Waals surface area contributed by atoms with E-state index in [1.165, 1.54) is 77.4 Å². The SMILES string of the molecule is c1ccc(N(c2ccc3c4ccccc4n(-c4ccccc4)c3c2)c2cccc3c2-c2c4cccc2-c2cccc-3c2-c2ccccc2-4)cc1. The summed E-state index contributed by atoms with van der Waals surface area (Å²) >= 11 is 0. The topological polar surface area (TPSA) is 8.17 Å². The van der Waals surface area contributed by atoms with E-state index in [9.17, 15) is 0 Å². The molecule has 0 amide bonds. The second-order valence-electron chi connectivity index (χ2n) is 13.3. The van der Waals surface area contributed by atoms with Gasteiger partial charge in [0.2, 0.25) is 0 Å². The molecule has 50 heavy (non-hydrogen) atoms. The van der Waals surface area contributed by atoms with Gasteiger partial charge in [0.1, 0.15) is 0 Å². The minimum absolute atomic E-state index is 1.12. The van der Waals surface area contributed by atoms with Crippen molar-refractivity contribution in [3.8, 4) is 61.3 Å². The predicted molar refractivity (Wildman–Crippen MR) is 210 cm³/mol. The third-order valence-corrected chi connectivity index (χ3v) is 10.7. The lowest BCUT2D eigenvalue weighted by molar-refractivity contribution is 1.18. The van der Waals surface area contributed by atoms with Crippen molar-refractivity contribution in [2.75, 3.05) is 4.90 Å². The van der Waals surface area contributed by atoms with E-state index in [0.717, 1.165) is 22.7 Å². The maximum Gasteiger partial charge on any atom is 0.0561 e. The minimum Gasteiger partial charge on any atom is -0.310 e. The molecule has 2 nitrogen and oxygen atoms in total. The van der Waals surface area contributed by atoms with Crippen LogP contribution in [0.1, 0.15) is 0 Å². The predicted octanol–water partition coefficient (Wildman–Crippen LogP) is 13.2. The molecule has 0 saturated carbocycles. The van der Waals surface area contributed by atoms with E-state index >= 15 is 0 Å². The van der Waals surface area contributed by atoms with Gasteiger partial charge in [-0.15, -0.1) is 0 Å². The molecule has 1 aromatic heterocycles. The van der Waals surface area contributed by atoms with Crippen LogP contribution in [0.5, 0.6) is 0 Å². The Morgan fingerprint density at radius 2 is 0.860 bits per heavy atom. The van der Waals surface area contributed by atoms with Gasteiger partial charge in [-0.05, 0) is 93.0 Å². The van der Waals surface area contributed by atoms with Crippen molar-refractivity contribution in [2.24, 2.45) is 0 Å². The van der Waals surface area contributed by atoms with E-state index in [0.29, 0.717) is 0 Å². The lowest BCUT2D eigenvalue weighted by Crippen LogP contribution is -2.12. The Balaban J connectivity index is 1.25. The van der Waals surface area contributed by atoms with Crippen LogP contribution >= 0.6 is 0 Å². The lowest BCUT2D eigenvalue weighted by Gasteiger charge is -2.30. The molecule has 0 atom stereocenters. The molecule has 0 radical (unpaired) electrons. The van der Waals surface area contributed by atoms with Crippen molar-refractivity contribution in [1.82, 2.24) is 4.57 Å². The molecule has 11 rings (SSSR count). The fourth-order valence-corrected chi connectivity index (χ4v) is 8.67. The number of aromatic nitrogens is 1. The van der Waals surface area contributed by atoms with E-state index in [-0.39, 0.29) is 0 Å². The van der Waals surface area contributed by atoms with Crippen molar-refractivity contribution in [2.45, 2.75) is 0 Å². The number of anilines is 3. The molecule has 0 aliphatic heterocycles. The van der Waals surface area contributed by atoms with Gasteiger partial charge in [-0.25, -0.2) is 0 Å². The minimum atomic E-state index is 1.12. The van der Waals surface area contributed by atoms with E-state index in [2.05, 4.69) is 191 Å². The summed E-state index contributed by atoms with van der Waals surface area (Å²) in [7, 11) is 0. The Bertz CT molecular complexity index is 2790. The zero-order valence-electron chi connectivity index (χ0n) is 27.2. The number of rotatable bonds is 4. The highest BCUT2D eigenvalue weighted by Gasteiger charge is 2.33. The third kappa shape index (κ3) is 3.73. The Kier molecular flexibility index (Phi) is 5.70. The summed E-state index contributed by atoms with van der Waals surface area (Å²) in [6.07, 6.45) is 0. The van der Waals surface area contributed by atoms with Gasteiger partial charge < -0.3 is 9.47 Å². The Morgan fingerprint density at radius 3 is 1.62 bits per heavy atom. The fraction of sp³-hybridized carbons (Fsp3) is 0. The zero-order valence-corrected chi connectivity index (χ0v) is 27.2. The van der Waals surface area contributed by atoms with Crippen LogP contribution in [0.25, 0.3) is 83.1 Å². The van der Waals surface area contributed by atoms with Gasteiger partial charge in [-0.3, -0.25) is 0 Å². The number of hydrogen-bond donors (Lipinski definition) is 0. The van der Waals surface area contributed by atoms with E-state index in [4.69, 9.17) is 0 Å². The van der Waals surface area contributed by atoms with Crippen molar-refractivity contribution in [3.63, 3.8) is 0 Å². The molecule has 0 saturated heterocycles. The molecule has 2 heteroatoms. The molecule has 2 aliphatic carbocycles. The molecule has 0 N–H and O–H groups in total. The molecule has 232 valence electrons. The molecule has 0 fully saturated rings. The molecule has 1 heterocycles. The number of nitrogens with zero attached hydrogens (tertiary/aromatic N) is 2. The first-order valence-corrected chi connectivity index (χ1v) is 17.3. The monoisotopic (exact) mass is 634 g/mol. The van der Waals surface area contributed by atoms with Crippen LogP contribution in [0.2, 0.25) is 0 Å². The van der Waals surface area contributed by atoms with E-state index in [1.807, 2.05) is 0 Å². The summed E-state index contributed by atoms with van der Waals surface area (Å²) < 4.78 is 2.41. The van der Waals surface area contributed by atoms with Crippen molar-refractivity contribution >= 4 is 38.9 Å². The van der Waals surface area contributed by atoms with Gasteiger partial charge in [0.05, 0.1) is 16.7 Å². The zero-order chi connectivity index (χ0) is 32.8. The van der Waals surface area contributed by atoms with E-state index < -0.39 is 0 Å². The average molecular weight is 635 g/mol. The van der Waals surface area contributed by atoms with Gasteiger partial charge in [0.25, 0.3) is 0 Å². The Hall–Kier alpha value is -6.64. The first-order valence-electron chi connectivity index (χ1n) is 17.3. The molecular formula is C48H30N2. The van der Waals surface area contributed by atoms with Crippen molar-refractivity contribution in [3.05, 3.63) is 182 Å². The molecule has 0 spiro atoms. The van der Waals surface area contributed by atoms with Crippen molar-refractivity contribution < 1.29 is 0 Å². The summed E-state index contributed by atoms with van der Waals surface area (Å²) in [6.45, 7) is 0. The van der Waals surface area contributed by atoms with Crippen LogP contribution in [-0.4, -0.2) is 4.57 Å². The maximum absolute atomic E-state index is 2.47. The van der Waals surface area contributed by atoms with Gasteiger partial charge >= 0.3 is 0 Å². The van der Waals surface area contributed by atoms with Crippen LogP contribution in [0.3, 0.4) is 0 Å². The summed E-state index contributed by atoms with van der Waals surface area (Å²) in [5, 5.41) is 2.50. The van der Waals surface area contributed by atoms with Gasteiger partial charge in [-0.2, -0.15) is 0 Å². The quantitative estimate of drug-likeness (QED) is 0.187. The molecule has 6 bridgehead atoms. The summed E-state index contributed by atoms with van der Waals surface area (Å²) in [5.41, 5.74) is 19.8. The highest BCUT2D eigenvalue weighted by Crippen LogP contribution is 2.59. The third-order valence-electron chi connectivity index (χ3n) is 10.7. The first-order chi connectivity index (χ1) is 24.8. The number of fused-ring (bicyclic) bond motifs is 7. The highest BCUT2D eigenvalue weighted by atomic mass is 15.1. The first kappa shape index (κ1) is 27.3. The molecule has 8 aromatic carbocycles. The van der Waals surface area contributed by atoms with Gasteiger partial charge in [0, 0.05) is 39.0 Å². The molecule has 0 unspecified atom stereocenters. The molecular weight excluding hydrogens is 605 g/mol. The normalized spacial score (nSPS) is 12.0. The number of hydrogen-bond acceptors (Lipinski definition) is 1. The van der Waals surface area contributed by atoms with Crippen molar-refractivity contribution in [1.29, 1.82) is 0 Å². The largest absolute Gasteiger partial charge is 0.310 e. The number of para-hydroxylation sites is 3. The van der Waals surface area contributed by atoms with E-state index in [1.54, 1.807) is 0 Å². The number of benzene rings is 8. The lowest BCUT2D eigenvalue weighted by atomic mass is 9.83. The van der Waals surface area contributed by atoms with Crippen LogP contribution in [0, 0.1) is 0 Å². The maximum atomic E-state index is 2.47. The van der Waals surface area contributed by atoms with Gasteiger partial charge in [0.15, 0.2) is 0 Å². The van der Waals surface area contributed by atoms with Crippen LogP contribution in [0.4, 0.5) is 17.1 Å². The van der Waals surface area contributed by atoms with Crippen LogP contribution in [0.15, 0.2) is 182 Å². The summed E-state index contributed by atoms with van der Waals surface area (Å²) in [6, 6.07) is 66.8. The summed E-state index contributed by atoms with van der Waals surface area (Å²) in [5.74, 6) is 0. The molecule has 2 aliphatic rings.